The second kappa shape index (κ2) is 10.6. The van der Waals surface area contributed by atoms with Gasteiger partial charge in [0.05, 0.1) is 17.7 Å². The number of halogens is 1. The first kappa shape index (κ1) is 24.1. The van der Waals surface area contributed by atoms with E-state index in [1.807, 2.05) is 66.7 Å². The van der Waals surface area contributed by atoms with Crippen LogP contribution in [0.5, 0.6) is 0 Å². The lowest BCUT2D eigenvalue weighted by Gasteiger charge is -2.11. The maximum Gasteiger partial charge on any atom is 0.376 e. The zero-order valence-corrected chi connectivity index (χ0v) is 20.6. The van der Waals surface area contributed by atoms with E-state index in [0.29, 0.717) is 21.8 Å². The fourth-order valence-corrected chi connectivity index (χ4v) is 4.10. The number of carbonyl (C=O) groups is 2. The van der Waals surface area contributed by atoms with Crippen LogP contribution >= 0.6 is 11.6 Å². The maximum atomic E-state index is 13.0. The van der Waals surface area contributed by atoms with E-state index in [4.69, 9.17) is 20.8 Å². The molecule has 0 unspecified atom stereocenters. The first-order chi connectivity index (χ1) is 18.0. The van der Waals surface area contributed by atoms with Gasteiger partial charge in [0, 0.05) is 16.3 Å². The molecule has 5 rings (SSSR count). The van der Waals surface area contributed by atoms with E-state index in [-0.39, 0.29) is 23.8 Å². The number of aromatic nitrogens is 1. The zero-order valence-electron chi connectivity index (χ0n) is 19.8. The van der Waals surface area contributed by atoms with E-state index in [9.17, 15) is 9.59 Å². The van der Waals surface area contributed by atoms with Gasteiger partial charge in [-0.05, 0) is 48.4 Å². The Morgan fingerprint density at radius 1 is 0.892 bits per heavy atom. The number of amides is 2. The molecule has 0 bridgehead atoms. The summed E-state index contributed by atoms with van der Waals surface area (Å²) in [5, 5.41) is 6.65. The molecule has 0 aliphatic rings. The fourth-order valence-electron chi connectivity index (χ4n) is 3.97. The van der Waals surface area contributed by atoms with Gasteiger partial charge in [0.2, 0.25) is 11.5 Å². The number of rotatable bonds is 6. The lowest BCUT2D eigenvalue weighted by Crippen LogP contribution is -2.21. The van der Waals surface area contributed by atoms with E-state index in [1.165, 1.54) is 0 Å². The molecule has 0 saturated carbocycles. The van der Waals surface area contributed by atoms with Gasteiger partial charge in [-0.25, -0.2) is 14.6 Å². The predicted molar refractivity (Wildman–Crippen MR) is 145 cm³/mol. The molecule has 2 aromatic heterocycles. The summed E-state index contributed by atoms with van der Waals surface area (Å²) >= 11 is 6.08. The quantitative estimate of drug-likeness (QED) is 0.228. The van der Waals surface area contributed by atoms with Gasteiger partial charge in [-0.3, -0.25) is 0 Å². The third-order valence-corrected chi connectivity index (χ3v) is 5.87. The number of nitrogens with one attached hydrogen (secondary N) is 2. The molecule has 0 aliphatic heterocycles. The maximum absolute atomic E-state index is 13.0. The van der Waals surface area contributed by atoms with Gasteiger partial charge in [-0.2, -0.15) is 0 Å². The number of fused-ring (bicyclic) bond motifs is 1. The molecule has 2 heterocycles. The molecule has 3 aromatic carbocycles. The number of urea groups is 1. The number of anilines is 2. The highest BCUT2D eigenvalue weighted by molar-refractivity contribution is 6.30. The highest BCUT2D eigenvalue weighted by atomic mass is 35.5. The molecule has 0 saturated heterocycles. The zero-order chi connectivity index (χ0) is 25.8. The van der Waals surface area contributed by atoms with E-state index in [0.717, 1.165) is 16.7 Å². The molecule has 2 amide bonds. The minimum Gasteiger partial charge on any atom is -0.460 e. The lowest BCUT2D eigenvalue weighted by molar-refractivity contribution is 0.0494. The molecule has 8 heteroatoms. The number of hydrogen-bond donors (Lipinski definition) is 2. The Labute approximate surface area is 218 Å². The van der Waals surface area contributed by atoms with E-state index < -0.39 is 12.0 Å². The molecule has 0 radical (unpaired) electrons. The number of hydrogen-bond acceptors (Lipinski definition) is 5. The van der Waals surface area contributed by atoms with Crippen molar-refractivity contribution in [3.05, 3.63) is 102 Å². The number of furan rings is 1. The van der Waals surface area contributed by atoms with Crippen molar-refractivity contribution < 1.29 is 18.7 Å². The largest absolute Gasteiger partial charge is 0.460 e. The average molecular weight is 512 g/mol. The van der Waals surface area contributed by atoms with Gasteiger partial charge < -0.3 is 19.8 Å². The van der Waals surface area contributed by atoms with Crippen LogP contribution in [0.15, 0.2) is 95.4 Å². The number of benzene rings is 3. The van der Waals surface area contributed by atoms with Gasteiger partial charge in [-0.1, -0.05) is 72.3 Å². The Hall–Kier alpha value is -4.62. The number of ether oxygens (including phenoxy) is 1. The lowest BCUT2D eigenvalue weighted by atomic mass is 9.99. The van der Waals surface area contributed by atoms with Gasteiger partial charge in [0.15, 0.2) is 0 Å². The van der Waals surface area contributed by atoms with Gasteiger partial charge in [0.25, 0.3) is 0 Å². The van der Waals surface area contributed by atoms with E-state index in [1.54, 1.807) is 31.2 Å². The molecule has 0 atom stereocenters. The predicted octanol–water partition coefficient (Wildman–Crippen LogP) is 7.64. The third-order valence-electron chi connectivity index (χ3n) is 5.62. The summed E-state index contributed by atoms with van der Waals surface area (Å²) in [7, 11) is 0. The third kappa shape index (κ3) is 5.17. The topological polar surface area (TPSA) is 93.5 Å². The number of pyridine rings is 1. The minimum atomic E-state index is -0.706. The fraction of sp³-hybridized carbons (Fsp3) is 0.0690. The SMILES string of the molecule is CCOC(=O)c1oc2nc(-c3ccc(Cl)cc3)cc(-c3ccccc3)c2c1NC(=O)Nc1ccccc1. The van der Waals surface area contributed by atoms with Crippen molar-refractivity contribution in [1.82, 2.24) is 4.98 Å². The highest BCUT2D eigenvalue weighted by Gasteiger charge is 2.27. The molecule has 184 valence electrons. The molecule has 5 aromatic rings. The average Bonchev–Trinajstić information content (AvgIpc) is 3.28. The summed E-state index contributed by atoms with van der Waals surface area (Å²) in [6.07, 6.45) is 0. The van der Waals surface area contributed by atoms with Crippen LogP contribution < -0.4 is 10.6 Å². The molecule has 0 aliphatic carbocycles. The van der Waals surface area contributed by atoms with Crippen molar-refractivity contribution in [2.45, 2.75) is 6.92 Å². The van der Waals surface area contributed by atoms with Crippen LogP contribution in [-0.2, 0) is 4.74 Å². The summed E-state index contributed by atoms with van der Waals surface area (Å²) in [5.41, 5.74) is 3.97. The summed E-state index contributed by atoms with van der Waals surface area (Å²) in [6, 6.07) is 27.2. The Morgan fingerprint density at radius 2 is 1.57 bits per heavy atom. The molecule has 0 fully saturated rings. The van der Waals surface area contributed by atoms with Crippen LogP contribution in [-0.4, -0.2) is 23.6 Å². The van der Waals surface area contributed by atoms with Crippen LogP contribution in [0.1, 0.15) is 17.5 Å². The molecule has 7 nitrogen and oxygen atoms in total. The van der Waals surface area contributed by atoms with Crippen LogP contribution in [0.2, 0.25) is 5.02 Å². The number of carbonyl (C=O) groups excluding carboxylic acids is 2. The second-order valence-corrected chi connectivity index (χ2v) is 8.52. The van der Waals surface area contributed by atoms with Crippen LogP contribution in [0.3, 0.4) is 0 Å². The molecule has 37 heavy (non-hydrogen) atoms. The van der Waals surface area contributed by atoms with Gasteiger partial charge in [0.1, 0.15) is 5.69 Å². The standard InChI is InChI=1S/C29H22ClN3O4/c1-2-36-28(34)26-25(33-29(35)31-21-11-7-4-8-12-21)24-22(18-9-5-3-6-10-18)17-23(32-27(24)37-26)19-13-15-20(30)16-14-19/h3-17H,2H2,1H3,(H2,31,33,35). The Kier molecular flexibility index (Phi) is 6.87. The Bertz CT molecular complexity index is 1570. The number of para-hydroxylation sites is 1. The summed E-state index contributed by atoms with van der Waals surface area (Å²) in [5.74, 6) is -0.847. The molecule has 0 spiro atoms. The summed E-state index contributed by atoms with van der Waals surface area (Å²) in [6.45, 7) is 1.84. The minimum absolute atomic E-state index is 0.139. The van der Waals surface area contributed by atoms with Crippen molar-refractivity contribution in [3.8, 4) is 22.4 Å². The normalized spacial score (nSPS) is 10.8. The van der Waals surface area contributed by atoms with Crippen molar-refractivity contribution in [2.24, 2.45) is 0 Å². The van der Waals surface area contributed by atoms with Gasteiger partial charge >= 0.3 is 12.0 Å². The summed E-state index contributed by atoms with van der Waals surface area (Å²) in [4.78, 5) is 30.5. The number of nitrogens with zero attached hydrogens (tertiary/aromatic N) is 1. The van der Waals surface area contributed by atoms with E-state index >= 15 is 0 Å². The van der Waals surface area contributed by atoms with Gasteiger partial charge in [-0.15, -0.1) is 0 Å². The Morgan fingerprint density at radius 3 is 2.24 bits per heavy atom. The molecule has 2 N–H and O–H groups in total. The van der Waals surface area contributed by atoms with Crippen LogP contribution in [0.4, 0.5) is 16.2 Å². The molecular formula is C29H22ClN3O4. The Balaban J connectivity index is 1.70. The van der Waals surface area contributed by atoms with Crippen molar-refractivity contribution in [2.75, 3.05) is 17.2 Å². The van der Waals surface area contributed by atoms with Crippen molar-refractivity contribution in [1.29, 1.82) is 0 Å². The van der Waals surface area contributed by atoms with Crippen molar-refractivity contribution in [3.63, 3.8) is 0 Å². The van der Waals surface area contributed by atoms with Crippen LogP contribution in [0.25, 0.3) is 33.5 Å². The first-order valence-corrected chi connectivity index (χ1v) is 12.0. The second-order valence-electron chi connectivity index (χ2n) is 8.08. The summed E-state index contributed by atoms with van der Waals surface area (Å²) < 4.78 is 11.2. The van der Waals surface area contributed by atoms with Crippen molar-refractivity contribution >= 4 is 46.1 Å². The van der Waals surface area contributed by atoms with Crippen LogP contribution in [0, 0.1) is 0 Å². The monoisotopic (exact) mass is 511 g/mol. The van der Waals surface area contributed by atoms with E-state index in [2.05, 4.69) is 15.6 Å². The smallest absolute Gasteiger partial charge is 0.376 e. The first-order valence-electron chi connectivity index (χ1n) is 11.6. The molecular weight excluding hydrogens is 490 g/mol. The number of esters is 1. The highest BCUT2D eigenvalue weighted by Crippen LogP contribution is 2.40.